The summed E-state index contributed by atoms with van der Waals surface area (Å²) in [5.74, 6) is -0.828. The van der Waals surface area contributed by atoms with E-state index in [4.69, 9.17) is 16.3 Å². The van der Waals surface area contributed by atoms with E-state index in [2.05, 4.69) is 23.3 Å². The van der Waals surface area contributed by atoms with Gasteiger partial charge in [-0.1, -0.05) is 41.9 Å². The van der Waals surface area contributed by atoms with Gasteiger partial charge < -0.3 is 20.3 Å². The lowest BCUT2D eigenvalue weighted by atomic mass is 9.93. The summed E-state index contributed by atoms with van der Waals surface area (Å²) >= 11 is 10.7. The molecule has 2 unspecified atom stereocenters. The smallest absolute Gasteiger partial charge is 0.408 e. The van der Waals surface area contributed by atoms with Crippen molar-refractivity contribution >= 4 is 47.8 Å². The first kappa shape index (κ1) is 29.5. The quantitative estimate of drug-likeness (QED) is 0.384. The van der Waals surface area contributed by atoms with E-state index in [1.807, 2.05) is 45.0 Å². The van der Waals surface area contributed by atoms with Gasteiger partial charge in [-0.2, -0.15) is 12.6 Å². The van der Waals surface area contributed by atoms with Gasteiger partial charge in [-0.3, -0.25) is 9.59 Å². The Hall–Kier alpha value is -2.71. The van der Waals surface area contributed by atoms with Crippen molar-refractivity contribution in [3.63, 3.8) is 0 Å². The second-order valence-electron chi connectivity index (χ2n) is 9.63. The van der Waals surface area contributed by atoms with Crippen molar-refractivity contribution in [2.24, 2.45) is 0 Å². The maximum Gasteiger partial charge on any atom is 0.408 e. The number of halogens is 1. The number of alkyl carbamates (subject to hydrolysis) is 1. The molecule has 0 bridgehead atoms. The molecule has 0 aliphatic heterocycles. The van der Waals surface area contributed by atoms with Crippen molar-refractivity contribution in [1.29, 1.82) is 0 Å². The molecule has 2 aromatic carbocycles. The van der Waals surface area contributed by atoms with Crippen LogP contribution in [0.4, 0.5) is 10.5 Å². The topological polar surface area (TPSA) is 87.7 Å². The fraction of sp³-hybridized carbons (Fsp3) is 0.444. The number of carbonyl (C=O) groups is 3. The van der Waals surface area contributed by atoms with Crippen LogP contribution in [0.25, 0.3) is 0 Å². The number of benzene rings is 2. The van der Waals surface area contributed by atoms with Crippen molar-refractivity contribution in [2.75, 3.05) is 17.6 Å². The molecule has 2 N–H and O–H groups in total. The number of rotatable bonds is 8. The highest BCUT2D eigenvalue weighted by Crippen LogP contribution is 2.32. The summed E-state index contributed by atoms with van der Waals surface area (Å²) in [4.78, 5) is 41.5. The summed E-state index contributed by atoms with van der Waals surface area (Å²) in [6, 6.07) is 9.08. The number of para-hydroxylation sites is 1. The zero-order valence-electron chi connectivity index (χ0n) is 21.9. The Balaban J connectivity index is 2.51. The van der Waals surface area contributed by atoms with E-state index in [0.29, 0.717) is 16.3 Å². The maximum absolute atomic E-state index is 13.9. The van der Waals surface area contributed by atoms with Gasteiger partial charge in [0.2, 0.25) is 5.91 Å². The van der Waals surface area contributed by atoms with E-state index in [1.54, 1.807) is 39.8 Å². The molecule has 196 valence electrons. The van der Waals surface area contributed by atoms with Crippen molar-refractivity contribution in [1.82, 2.24) is 10.2 Å². The Kier molecular flexibility index (Phi) is 10.3. The second-order valence-corrected chi connectivity index (χ2v) is 10.4. The number of ether oxygens (including phenoxy) is 1. The van der Waals surface area contributed by atoms with Crippen LogP contribution in [-0.2, 0) is 14.3 Å². The summed E-state index contributed by atoms with van der Waals surface area (Å²) < 4.78 is 5.32. The molecule has 0 saturated carbocycles. The lowest BCUT2D eigenvalue weighted by Gasteiger charge is -2.35. The molecular formula is C27H36ClN3O4S. The van der Waals surface area contributed by atoms with Crippen LogP contribution < -0.4 is 10.6 Å². The summed E-state index contributed by atoms with van der Waals surface area (Å²) in [6.07, 6.45) is -0.731. The zero-order chi connectivity index (χ0) is 27.2. The third-order valence-corrected chi connectivity index (χ3v) is 6.32. The predicted octanol–water partition coefficient (Wildman–Crippen LogP) is 5.62. The summed E-state index contributed by atoms with van der Waals surface area (Å²) in [6.45, 7) is 12.9. The summed E-state index contributed by atoms with van der Waals surface area (Å²) in [5, 5.41) is 5.93. The van der Waals surface area contributed by atoms with Crippen LogP contribution in [0.3, 0.4) is 0 Å². The number of aryl methyl sites for hydroxylation is 3. The number of hydrogen-bond acceptors (Lipinski definition) is 5. The number of hydrogen-bond donors (Lipinski definition) is 3. The number of amides is 3. The normalized spacial score (nSPS) is 12.9. The van der Waals surface area contributed by atoms with E-state index in [9.17, 15) is 14.4 Å². The lowest BCUT2D eigenvalue weighted by molar-refractivity contribution is -0.140. The molecule has 0 heterocycles. The SMILES string of the molecule is CCN(C(=O)C(CS)NC(=O)OC(C)(C)C)C(C(=O)Nc1c(C)cccc1Cl)c1c(C)cccc1C. The fourth-order valence-corrected chi connectivity index (χ4v) is 4.49. The van der Waals surface area contributed by atoms with Crippen LogP contribution in [-0.4, -0.2) is 46.7 Å². The summed E-state index contributed by atoms with van der Waals surface area (Å²) in [7, 11) is 0. The second kappa shape index (κ2) is 12.5. The minimum Gasteiger partial charge on any atom is -0.444 e. The Morgan fingerprint density at radius 2 is 1.58 bits per heavy atom. The molecule has 7 nitrogen and oxygen atoms in total. The number of carbonyl (C=O) groups excluding carboxylic acids is 3. The van der Waals surface area contributed by atoms with Crippen molar-refractivity contribution in [2.45, 2.75) is 66.2 Å². The number of thiol groups is 1. The highest BCUT2D eigenvalue weighted by atomic mass is 35.5. The van der Waals surface area contributed by atoms with Crippen LogP contribution in [0.1, 0.15) is 56.0 Å². The Morgan fingerprint density at radius 1 is 1.03 bits per heavy atom. The van der Waals surface area contributed by atoms with Crippen molar-refractivity contribution < 1.29 is 19.1 Å². The fourth-order valence-electron chi connectivity index (χ4n) is 3.97. The molecule has 0 aromatic heterocycles. The third-order valence-electron chi connectivity index (χ3n) is 5.64. The first-order chi connectivity index (χ1) is 16.8. The van der Waals surface area contributed by atoms with Gasteiger partial charge in [0.25, 0.3) is 5.91 Å². The Morgan fingerprint density at radius 3 is 2.08 bits per heavy atom. The highest BCUT2D eigenvalue weighted by Gasteiger charge is 2.36. The van der Waals surface area contributed by atoms with Gasteiger partial charge in [-0.25, -0.2) is 4.79 Å². The first-order valence-corrected chi connectivity index (χ1v) is 12.8. The molecule has 0 aliphatic carbocycles. The Bertz CT molecular complexity index is 1080. The molecule has 3 amide bonds. The van der Waals surface area contributed by atoms with E-state index >= 15 is 0 Å². The minimum absolute atomic E-state index is 0.0271. The molecule has 0 spiro atoms. The largest absolute Gasteiger partial charge is 0.444 e. The van der Waals surface area contributed by atoms with Crippen LogP contribution in [0.15, 0.2) is 36.4 Å². The molecule has 2 rings (SSSR count). The van der Waals surface area contributed by atoms with E-state index in [-0.39, 0.29) is 12.3 Å². The maximum atomic E-state index is 13.9. The standard InChI is InChI=1S/C27H36ClN3O4S/c1-8-31(25(33)20(15-36)29-26(34)35-27(5,6)7)23(21-16(2)11-9-12-17(21)3)24(32)30-22-18(4)13-10-14-19(22)28/h9-14,20,23,36H,8,15H2,1-7H3,(H,29,34)(H,30,32). The molecule has 0 radical (unpaired) electrons. The number of anilines is 1. The van der Waals surface area contributed by atoms with Gasteiger partial charge in [0.15, 0.2) is 0 Å². The van der Waals surface area contributed by atoms with Gasteiger partial charge in [0.1, 0.15) is 17.7 Å². The average Bonchev–Trinajstić information content (AvgIpc) is 2.77. The number of nitrogens with zero attached hydrogens (tertiary/aromatic N) is 1. The average molecular weight is 534 g/mol. The first-order valence-electron chi connectivity index (χ1n) is 11.8. The molecule has 0 aliphatic rings. The van der Waals surface area contributed by atoms with E-state index in [0.717, 1.165) is 16.7 Å². The van der Waals surface area contributed by atoms with Crippen LogP contribution in [0.5, 0.6) is 0 Å². The predicted molar refractivity (Wildman–Crippen MR) is 148 cm³/mol. The van der Waals surface area contributed by atoms with Gasteiger partial charge in [0, 0.05) is 12.3 Å². The van der Waals surface area contributed by atoms with Crippen LogP contribution >= 0.6 is 24.2 Å². The zero-order valence-corrected chi connectivity index (χ0v) is 23.6. The number of likely N-dealkylation sites (N-methyl/N-ethyl adjacent to an activating group) is 1. The van der Waals surface area contributed by atoms with Gasteiger partial charge in [-0.15, -0.1) is 0 Å². The van der Waals surface area contributed by atoms with Gasteiger partial charge in [0.05, 0.1) is 10.7 Å². The molecular weight excluding hydrogens is 498 g/mol. The summed E-state index contributed by atoms with van der Waals surface area (Å²) in [5.41, 5.74) is 2.99. The van der Waals surface area contributed by atoms with Gasteiger partial charge >= 0.3 is 6.09 Å². The van der Waals surface area contributed by atoms with E-state index in [1.165, 1.54) is 4.90 Å². The van der Waals surface area contributed by atoms with Crippen molar-refractivity contribution in [3.05, 3.63) is 63.7 Å². The molecule has 2 atom stereocenters. The minimum atomic E-state index is -0.996. The van der Waals surface area contributed by atoms with E-state index < -0.39 is 35.6 Å². The third kappa shape index (κ3) is 7.40. The molecule has 9 heteroatoms. The van der Waals surface area contributed by atoms with Crippen molar-refractivity contribution in [3.8, 4) is 0 Å². The monoisotopic (exact) mass is 533 g/mol. The Labute approximate surface area is 224 Å². The van der Waals surface area contributed by atoms with Gasteiger partial charge in [-0.05, 0) is 76.8 Å². The lowest BCUT2D eigenvalue weighted by Crippen LogP contribution is -2.53. The molecule has 2 aromatic rings. The van der Waals surface area contributed by atoms with Crippen LogP contribution in [0, 0.1) is 20.8 Å². The molecule has 0 fully saturated rings. The molecule has 0 saturated heterocycles. The molecule has 36 heavy (non-hydrogen) atoms. The number of nitrogens with one attached hydrogen (secondary N) is 2. The van der Waals surface area contributed by atoms with Crippen LogP contribution in [0.2, 0.25) is 5.02 Å². The highest BCUT2D eigenvalue weighted by molar-refractivity contribution is 7.80.